The van der Waals surface area contributed by atoms with Gasteiger partial charge in [-0.15, -0.1) is 24.0 Å². The zero-order chi connectivity index (χ0) is 19.9. The van der Waals surface area contributed by atoms with Crippen LogP contribution in [-0.4, -0.2) is 41.4 Å². The van der Waals surface area contributed by atoms with Gasteiger partial charge in [0.15, 0.2) is 5.96 Å². The summed E-state index contributed by atoms with van der Waals surface area (Å²) in [5.41, 5.74) is 3.50. The molecule has 7 heteroatoms. The number of guanidine groups is 1. The van der Waals surface area contributed by atoms with E-state index < -0.39 is 0 Å². The Kier molecular flexibility index (Phi) is 8.12. The third-order valence-electron chi connectivity index (χ3n) is 5.09. The minimum absolute atomic E-state index is 0. The average molecular weight is 516 g/mol. The Morgan fingerprint density at radius 1 is 1.10 bits per heavy atom. The fourth-order valence-corrected chi connectivity index (χ4v) is 3.65. The maximum Gasteiger partial charge on any atom is 0.191 e. The molecular formula is C23H29IN6. The molecular weight excluding hydrogens is 487 g/mol. The summed E-state index contributed by atoms with van der Waals surface area (Å²) in [6.45, 7) is 5.62. The first-order valence-corrected chi connectivity index (χ1v) is 10.3. The minimum Gasteiger partial charge on any atom is -0.369 e. The molecule has 0 amide bonds. The third-order valence-corrected chi connectivity index (χ3v) is 5.09. The quantitative estimate of drug-likeness (QED) is 0.297. The molecule has 0 aliphatic carbocycles. The van der Waals surface area contributed by atoms with Gasteiger partial charge in [-0.25, -0.2) is 9.67 Å². The summed E-state index contributed by atoms with van der Waals surface area (Å²) in [7, 11) is 0. The van der Waals surface area contributed by atoms with E-state index in [1.807, 2.05) is 16.9 Å². The second-order valence-corrected chi connectivity index (χ2v) is 7.23. The Bertz CT molecular complexity index is 926. The number of para-hydroxylation sites is 1. The first kappa shape index (κ1) is 22.1. The summed E-state index contributed by atoms with van der Waals surface area (Å²) in [5, 5.41) is 11.3. The molecule has 1 aliphatic rings. The molecule has 3 aromatic rings. The highest BCUT2D eigenvalue weighted by Crippen LogP contribution is 2.19. The van der Waals surface area contributed by atoms with Gasteiger partial charge in [0.2, 0.25) is 0 Å². The maximum atomic E-state index is 4.81. The van der Waals surface area contributed by atoms with Crippen LogP contribution in [0.5, 0.6) is 0 Å². The number of rotatable bonds is 6. The zero-order valence-electron chi connectivity index (χ0n) is 17.2. The molecule has 2 N–H and O–H groups in total. The number of nitrogens with one attached hydrogen (secondary N) is 2. The van der Waals surface area contributed by atoms with Crippen molar-refractivity contribution in [1.82, 2.24) is 20.4 Å². The van der Waals surface area contributed by atoms with E-state index in [0.717, 1.165) is 43.3 Å². The Morgan fingerprint density at radius 3 is 2.70 bits per heavy atom. The first-order chi connectivity index (χ1) is 14.3. The second-order valence-electron chi connectivity index (χ2n) is 7.23. The smallest absolute Gasteiger partial charge is 0.191 e. The van der Waals surface area contributed by atoms with Gasteiger partial charge in [0.25, 0.3) is 0 Å². The third kappa shape index (κ3) is 5.75. The number of halogens is 1. The summed E-state index contributed by atoms with van der Waals surface area (Å²) in [4.78, 5) is 7.24. The molecule has 1 unspecified atom stereocenters. The van der Waals surface area contributed by atoms with E-state index >= 15 is 0 Å². The van der Waals surface area contributed by atoms with Crippen molar-refractivity contribution >= 4 is 35.6 Å². The molecule has 0 saturated carbocycles. The molecule has 2 aromatic carbocycles. The van der Waals surface area contributed by atoms with Crippen LogP contribution >= 0.6 is 24.0 Å². The lowest BCUT2D eigenvalue weighted by Crippen LogP contribution is -2.44. The predicted molar refractivity (Wildman–Crippen MR) is 134 cm³/mol. The van der Waals surface area contributed by atoms with Gasteiger partial charge >= 0.3 is 0 Å². The topological polar surface area (TPSA) is 57.5 Å². The molecule has 30 heavy (non-hydrogen) atoms. The van der Waals surface area contributed by atoms with Gasteiger partial charge in [-0.1, -0.05) is 30.3 Å². The van der Waals surface area contributed by atoms with Crippen molar-refractivity contribution in [3.63, 3.8) is 0 Å². The number of aliphatic imine (C=N–C) groups is 1. The SMILES string of the molecule is CCNC(=NCc1cccc(-n2cccn2)c1)NC1CCN(c2ccccc2)C1.I. The number of anilines is 1. The van der Waals surface area contributed by atoms with E-state index in [1.165, 1.54) is 5.69 Å². The number of nitrogens with zero attached hydrogens (tertiary/aromatic N) is 4. The van der Waals surface area contributed by atoms with Gasteiger partial charge in [0.1, 0.15) is 0 Å². The van der Waals surface area contributed by atoms with E-state index in [1.54, 1.807) is 6.20 Å². The van der Waals surface area contributed by atoms with Gasteiger partial charge in [0, 0.05) is 43.8 Å². The lowest BCUT2D eigenvalue weighted by Gasteiger charge is -2.20. The van der Waals surface area contributed by atoms with Gasteiger partial charge < -0.3 is 15.5 Å². The summed E-state index contributed by atoms with van der Waals surface area (Å²) >= 11 is 0. The van der Waals surface area contributed by atoms with E-state index in [-0.39, 0.29) is 24.0 Å². The molecule has 1 fully saturated rings. The summed E-state index contributed by atoms with van der Waals surface area (Å²) in [5.74, 6) is 0.872. The van der Waals surface area contributed by atoms with Crippen LogP contribution in [0, 0.1) is 0 Å². The van der Waals surface area contributed by atoms with Gasteiger partial charge in [-0.2, -0.15) is 5.10 Å². The van der Waals surface area contributed by atoms with E-state index in [2.05, 4.69) is 82.2 Å². The fraction of sp³-hybridized carbons (Fsp3) is 0.304. The number of hydrogen-bond donors (Lipinski definition) is 2. The Morgan fingerprint density at radius 2 is 1.93 bits per heavy atom. The predicted octanol–water partition coefficient (Wildman–Crippen LogP) is 3.82. The van der Waals surface area contributed by atoms with Crippen molar-refractivity contribution in [3.05, 3.63) is 78.6 Å². The van der Waals surface area contributed by atoms with Crippen LogP contribution in [0.1, 0.15) is 18.9 Å². The molecule has 4 rings (SSSR count). The maximum absolute atomic E-state index is 4.81. The minimum atomic E-state index is 0. The molecule has 1 atom stereocenters. The van der Waals surface area contributed by atoms with E-state index in [9.17, 15) is 0 Å². The number of benzene rings is 2. The van der Waals surface area contributed by atoms with Crippen molar-refractivity contribution in [1.29, 1.82) is 0 Å². The monoisotopic (exact) mass is 516 g/mol. The van der Waals surface area contributed by atoms with Crippen LogP contribution in [0.4, 0.5) is 5.69 Å². The average Bonchev–Trinajstić information content (AvgIpc) is 3.46. The Hall–Kier alpha value is -2.55. The van der Waals surface area contributed by atoms with Crippen molar-refractivity contribution < 1.29 is 0 Å². The van der Waals surface area contributed by atoms with Gasteiger partial charge in [-0.05, 0) is 49.2 Å². The van der Waals surface area contributed by atoms with Crippen LogP contribution < -0.4 is 15.5 Å². The molecule has 0 spiro atoms. The van der Waals surface area contributed by atoms with Crippen molar-refractivity contribution in [2.24, 2.45) is 4.99 Å². The zero-order valence-corrected chi connectivity index (χ0v) is 19.6. The number of aromatic nitrogens is 2. The lowest BCUT2D eigenvalue weighted by molar-refractivity contribution is 0.649. The van der Waals surface area contributed by atoms with Crippen LogP contribution in [0.2, 0.25) is 0 Å². The van der Waals surface area contributed by atoms with E-state index in [0.29, 0.717) is 12.6 Å². The highest BCUT2D eigenvalue weighted by atomic mass is 127. The molecule has 0 bridgehead atoms. The molecule has 1 aliphatic heterocycles. The largest absolute Gasteiger partial charge is 0.369 e. The van der Waals surface area contributed by atoms with Crippen molar-refractivity contribution in [2.75, 3.05) is 24.5 Å². The standard InChI is InChI=1S/C23H28N6.HI/c1-2-24-23(27-20-12-15-28(18-20)21-9-4-3-5-10-21)25-17-19-8-6-11-22(16-19)29-14-7-13-26-29;/h3-11,13-14,16,20H,2,12,15,17-18H2,1H3,(H2,24,25,27);1H. The van der Waals surface area contributed by atoms with Crippen molar-refractivity contribution in [3.8, 4) is 5.69 Å². The molecule has 0 radical (unpaired) electrons. The second kappa shape index (κ2) is 11.0. The van der Waals surface area contributed by atoms with Crippen LogP contribution in [0.15, 0.2) is 78.0 Å². The summed E-state index contributed by atoms with van der Waals surface area (Å²) < 4.78 is 1.87. The normalized spacial score (nSPS) is 16.2. The van der Waals surface area contributed by atoms with Gasteiger partial charge in [-0.3, -0.25) is 0 Å². The summed E-state index contributed by atoms with van der Waals surface area (Å²) in [6.07, 6.45) is 4.85. The summed E-state index contributed by atoms with van der Waals surface area (Å²) in [6, 6.07) is 21.3. The molecule has 2 heterocycles. The molecule has 1 aromatic heterocycles. The highest BCUT2D eigenvalue weighted by Gasteiger charge is 2.23. The number of hydrogen-bond acceptors (Lipinski definition) is 3. The van der Waals surface area contributed by atoms with Crippen LogP contribution in [-0.2, 0) is 6.54 Å². The highest BCUT2D eigenvalue weighted by molar-refractivity contribution is 14.0. The van der Waals surface area contributed by atoms with Crippen LogP contribution in [0.3, 0.4) is 0 Å². The first-order valence-electron chi connectivity index (χ1n) is 10.3. The molecule has 6 nitrogen and oxygen atoms in total. The Labute approximate surface area is 195 Å². The fourth-order valence-electron chi connectivity index (χ4n) is 3.65. The van der Waals surface area contributed by atoms with Crippen LogP contribution in [0.25, 0.3) is 5.69 Å². The molecule has 158 valence electrons. The lowest BCUT2D eigenvalue weighted by atomic mass is 10.2. The van der Waals surface area contributed by atoms with E-state index in [4.69, 9.17) is 4.99 Å². The van der Waals surface area contributed by atoms with Gasteiger partial charge in [0.05, 0.1) is 12.2 Å². The Balaban J connectivity index is 0.00000256. The van der Waals surface area contributed by atoms with Crippen molar-refractivity contribution in [2.45, 2.75) is 25.9 Å². The molecule has 1 saturated heterocycles.